The first kappa shape index (κ1) is 24.1. The van der Waals surface area contributed by atoms with E-state index in [2.05, 4.69) is 73.2 Å². The van der Waals surface area contributed by atoms with Gasteiger partial charge in [-0.2, -0.15) is 5.10 Å². The van der Waals surface area contributed by atoms with Crippen LogP contribution in [0.3, 0.4) is 0 Å². The average Bonchev–Trinajstić information content (AvgIpc) is 3.72. The minimum absolute atomic E-state index is 0.0122. The number of urea groups is 1. The predicted octanol–water partition coefficient (Wildman–Crippen LogP) is 5.70. The molecule has 0 spiro atoms. The lowest BCUT2D eigenvalue weighted by atomic mass is 10.0. The van der Waals surface area contributed by atoms with Gasteiger partial charge in [-0.25, -0.2) is 4.79 Å². The Kier molecular flexibility index (Phi) is 6.34. The Morgan fingerprint density at radius 3 is 2.77 bits per heavy atom. The molecular weight excluding hydrogens is 504 g/mol. The van der Waals surface area contributed by atoms with Crippen LogP contribution in [0, 0.1) is 0 Å². The van der Waals surface area contributed by atoms with Gasteiger partial charge in [0, 0.05) is 71.9 Å². The van der Waals surface area contributed by atoms with Gasteiger partial charge < -0.3 is 10.2 Å². The number of carbonyl (C=O) groups excluding carboxylic acids is 1. The number of hydrogen-bond acceptors (Lipinski definition) is 5. The predicted molar refractivity (Wildman–Crippen MR) is 155 cm³/mol. The molecule has 7 nitrogen and oxygen atoms in total. The minimum atomic E-state index is 0.0122. The minimum Gasteiger partial charge on any atom is -0.334 e. The van der Waals surface area contributed by atoms with Gasteiger partial charge in [0.05, 0.1) is 17.9 Å². The highest BCUT2D eigenvalue weighted by molar-refractivity contribution is 7.17. The Labute approximate surface area is 231 Å². The number of nitrogens with zero attached hydrogens (tertiary/aromatic N) is 4. The van der Waals surface area contributed by atoms with Crippen LogP contribution in [0.1, 0.15) is 23.2 Å². The lowest BCUT2D eigenvalue weighted by Gasteiger charge is -2.29. The fourth-order valence-electron chi connectivity index (χ4n) is 5.78. The SMILES string of the molecule is O=C(N[C@@H]1CCN(Cc2csc3ccccc23)C1)N1CCc2[nH]nc(-c3ccc(-c4ccccc4)nc3)c2C1. The number of carbonyl (C=O) groups is 1. The van der Waals surface area contributed by atoms with E-state index in [-0.39, 0.29) is 12.1 Å². The second kappa shape index (κ2) is 10.3. The van der Waals surface area contributed by atoms with Gasteiger partial charge in [-0.3, -0.25) is 15.0 Å². The van der Waals surface area contributed by atoms with Gasteiger partial charge in [-0.05, 0) is 40.9 Å². The molecule has 2 aliphatic heterocycles. The molecule has 8 heteroatoms. The number of nitrogens with one attached hydrogen (secondary N) is 2. The molecule has 0 saturated carbocycles. The number of amides is 2. The maximum absolute atomic E-state index is 13.3. The van der Waals surface area contributed by atoms with Crippen LogP contribution in [0.25, 0.3) is 32.6 Å². The van der Waals surface area contributed by atoms with Crippen molar-refractivity contribution < 1.29 is 4.79 Å². The first-order chi connectivity index (χ1) is 19.2. The standard InChI is InChI=1S/C31H30N6OS/c38-31(33-24-12-14-36(18-24)17-23-20-39-29-9-5-4-8-25(23)29)37-15-13-28-26(19-37)30(35-34-28)22-10-11-27(32-16-22)21-6-2-1-3-7-21/h1-11,16,20,24H,12-15,17-19H2,(H,33,38)(H,34,35)/t24-/m1/s1. The van der Waals surface area contributed by atoms with Crippen molar-refractivity contribution in [2.24, 2.45) is 0 Å². The van der Waals surface area contributed by atoms with Crippen LogP contribution in [-0.2, 0) is 19.5 Å². The number of H-pyrrole nitrogens is 1. The lowest BCUT2D eigenvalue weighted by Crippen LogP contribution is -2.47. The normalized spacial score (nSPS) is 17.4. The highest BCUT2D eigenvalue weighted by Crippen LogP contribution is 2.30. The average molecular weight is 535 g/mol. The Balaban J connectivity index is 0.990. The highest BCUT2D eigenvalue weighted by Gasteiger charge is 2.29. The monoisotopic (exact) mass is 534 g/mol. The molecule has 7 rings (SSSR count). The van der Waals surface area contributed by atoms with E-state index in [1.54, 1.807) is 0 Å². The molecule has 2 aliphatic rings. The van der Waals surface area contributed by atoms with Crippen LogP contribution in [0.5, 0.6) is 0 Å². The second-order valence-corrected chi connectivity index (χ2v) is 11.3. The fourth-order valence-corrected chi connectivity index (χ4v) is 6.73. The van der Waals surface area contributed by atoms with E-state index in [9.17, 15) is 4.79 Å². The van der Waals surface area contributed by atoms with Crippen molar-refractivity contribution in [1.29, 1.82) is 0 Å². The molecule has 0 aliphatic carbocycles. The van der Waals surface area contributed by atoms with E-state index in [0.29, 0.717) is 13.1 Å². The van der Waals surface area contributed by atoms with Crippen molar-refractivity contribution in [3.05, 3.63) is 95.1 Å². The third-order valence-electron chi connectivity index (χ3n) is 7.88. The summed E-state index contributed by atoms with van der Waals surface area (Å²) in [5.41, 5.74) is 7.43. The van der Waals surface area contributed by atoms with Crippen molar-refractivity contribution in [1.82, 2.24) is 30.3 Å². The summed E-state index contributed by atoms with van der Waals surface area (Å²) in [6.45, 7) is 4.04. The smallest absolute Gasteiger partial charge is 0.317 e. The Hall–Kier alpha value is -4.01. The van der Waals surface area contributed by atoms with E-state index < -0.39 is 0 Å². The molecule has 5 aromatic rings. The van der Waals surface area contributed by atoms with Crippen LogP contribution < -0.4 is 5.32 Å². The lowest BCUT2D eigenvalue weighted by molar-refractivity contribution is 0.188. The summed E-state index contributed by atoms with van der Waals surface area (Å²) in [5.74, 6) is 0. The zero-order valence-electron chi connectivity index (χ0n) is 21.6. The quantitative estimate of drug-likeness (QED) is 0.304. The number of pyridine rings is 1. The van der Waals surface area contributed by atoms with Gasteiger partial charge in [0.1, 0.15) is 0 Å². The van der Waals surface area contributed by atoms with Gasteiger partial charge in [0.15, 0.2) is 0 Å². The van der Waals surface area contributed by atoms with Crippen molar-refractivity contribution in [3.63, 3.8) is 0 Å². The topological polar surface area (TPSA) is 77.2 Å². The Morgan fingerprint density at radius 1 is 1.03 bits per heavy atom. The maximum atomic E-state index is 13.3. The molecule has 1 saturated heterocycles. The first-order valence-corrected chi connectivity index (χ1v) is 14.4. The number of thiophene rings is 1. The highest BCUT2D eigenvalue weighted by atomic mass is 32.1. The Bertz CT molecular complexity index is 1610. The van der Waals surface area contributed by atoms with Gasteiger partial charge in [0.2, 0.25) is 0 Å². The molecule has 2 N–H and O–H groups in total. The molecule has 3 aromatic heterocycles. The fraction of sp³-hybridized carbons (Fsp3) is 0.258. The van der Waals surface area contributed by atoms with Crippen molar-refractivity contribution in [2.75, 3.05) is 19.6 Å². The van der Waals surface area contributed by atoms with Crippen molar-refractivity contribution >= 4 is 27.5 Å². The zero-order chi connectivity index (χ0) is 26.2. The van der Waals surface area contributed by atoms with Gasteiger partial charge in [0.25, 0.3) is 0 Å². The van der Waals surface area contributed by atoms with E-state index in [1.807, 2.05) is 46.7 Å². The number of fused-ring (bicyclic) bond motifs is 2. The zero-order valence-corrected chi connectivity index (χ0v) is 22.5. The Morgan fingerprint density at radius 2 is 1.90 bits per heavy atom. The van der Waals surface area contributed by atoms with Crippen molar-refractivity contribution in [3.8, 4) is 22.5 Å². The van der Waals surface area contributed by atoms with Crippen LogP contribution >= 0.6 is 11.3 Å². The number of aromatic nitrogens is 3. The van der Waals surface area contributed by atoms with Crippen LogP contribution in [0.15, 0.2) is 78.3 Å². The number of benzene rings is 2. The number of rotatable bonds is 5. The molecule has 1 fully saturated rings. The molecule has 196 valence electrons. The van der Waals surface area contributed by atoms with Crippen molar-refractivity contribution in [2.45, 2.75) is 32.0 Å². The van der Waals surface area contributed by atoms with Gasteiger partial charge in [-0.1, -0.05) is 48.5 Å². The van der Waals surface area contributed by atoms with E-state index >= 15 is 0 Å². The molecule has 1 atom stereocenters. The van der Waals surface area contributed by atoms with Crippen LogP contribution in [0.4, 0.5) is 4.79 Å². The summed E-state index contributed by atoms with van der Waals surface area (Å²) < 4.78 is 1.34. The summed E-state index contributed by atoms with van der Waals surface area (Å²) in [5, 5.41) is 14.7. The number of hydrogen-bond donors (Lipinski definition) is 2. The molecule has 39 heavy (non-hydrogen) atoms. The molecule has 0 radical (unpaired) electrons. The van der Waals surface area contributed by atoms with E-state index in [0.717, 1.165) is 66.2 Å². The molecular formula is C31H30N6OS. The van der Waals surface area contributed by atoms with E-state index in [1.165, 1.54) is 15.6 Å². The second-order valence-electron chi connectivity index (χ2n) is 10.4. The van der Waals surface area contributed by atoms with Gasteiger partial charge in [-0.15, -0.1) is 11.3 Å². The molecule has 2 aromatic carbocycles. The van der Waals surface area contributed by atoms with E-state index in [4.69, 9.17) is 0 Å². The number of likely N-dealkylation sites (tertiary alicyclic amines) is 1. The summed E-state index contributed by atoms with van der Waals surface area (Å²) in [6, 6.07) is 23.0. The third-order valence-corrected chi connectivity index (χ3v) is 8.89. The summed E-state index contributed by atoms with van der Waals surface area (Å²) in [4.78, 5) is 22.3. The van der Waals surface area contributed by atoms with Crippen LogP contribution in [-0.4, -0.2) is 56.7 Å². The molecule has 0 bridgehead atoms. The molecule has 5 heterocycles. The summed E-state index contributed by atoms with van der Waals surface area (Å²) in [6.07, 6.45) is 3.62. The molecule has 2 amide bonds. The number of aromatic amines is 1. The third kappa shape index (κ3) is 4.82. The summed E-state index contributed by atoms with van der Waals surface area (Å²) in [7, 11) is 0. The summed E-state index contributed by atoms with van der Waals surface area (Å²) >= 11 is 1.81. The van der Waals surface area contributed by atoms with Crippen LogP contribution in [0.2, 0.25) is 0 Å². The largest absolute Gasteiger partial charge is 0.334 e. The maximum Gasteiger partial charge on any atom is 0.317 e. The first-order valence-electron chi connectivity index (χ1n) is 13.5. The molecule has 0 unspecified atom stereocenters. The van der Waals surface area contributed by atoms with Gasteiger partial charge >= 0.3 is 6.03 Å².